The smallest absolute Gasteiger partial charge is 0.127 e. The Morgan fingerprint density at radius 3 is 2.75 bits per heavy atom. The van der Waals surface area contributed by atoms with Gasteiger partial charge in [0.05, 0.1) is 0 Å². The predicted octanol–water partition coefficient (Wildman–Crippen LogP) is 2.22. The molecule has 3 heteroatoms. The first kappa shape index (κ1) is 9.07. The Kier molecular flexibility index (Phi) is 2.71. The van der Waals surface area contributed by atoms with Crippen molar-refractivity contribution in [2.45, 2.75) is 12.8 Å². The van der Waals surface area contributed by atoms with E-state index in [1.807, 2.05) is 0 Å². The second-order valence-electron chi connectivity index (χ2n) is 2.67. The topological polar surface area (TPSA) is 43.1 Å². The molecule has 1 rings (SSSR count). The van der Waals surface area contributed by atoms with Crippen molar-refractivity contribution in [2.75, 3.05) is 5.73 Å². The van der Waals surface area contributed by atoms with Crippen LogP contribution in [0.2, 0.25) is 5.02 Å². The van der Waals surface area contributed by atoms with Crippen LogP contribution in [0, 0.1) is 0 Å². The molecule has 0 heterocycles. The predicted molar refractivity (Wildman–Crippen MR) is 50.3 cm³/mol. The second-order valence-corrected chi connectivity index (χ2v) is 3.07. The third-order valence-electron chi connectivity index (χ3n) is 1.75. The fraction of sp³-hybridized carbons (Fsp3) is 0.222. The summed E-state index contributed by atoms with van der Waals surface area (Å²) in [5.74, 6) is -0.237. The Labute approximate surface area is 76.3 Å². The lowest BCUT2D eigenvalue weighted by atomic mass is 10.0. The first-order valence-electron chi connectivity index (χ1n) is 3.66. The molecule has 1 aromatic rings. The number of carbonyl (C=O) groups is 1. The van der Waals surface area contributed by atoms with Gasteiger partial charge in [-0.15, -0.1) is 0 Å². The summed E-state index contributed by atoms with van der Waals surface area (Å²) in [7, 11) is 0. The Bertz CT molecular complexity index is 278. The van der Waals surface area contributed by atoms with E-state index in [1.54, 1.807) is 25.1 Å². The minimum absolute atomic E-state index is 0.237. The van der Waals surface area contributed by atoms with Crippen LogP contribution in [0.3, 0.4) is 0 Å². The van der Waals surface area contributed by atoms with E-state index < -0.39 is 0 Å². The van der Waals surface area contributed by atoms with Gasteiger partial charge in [0.2, 0.25) is 0 Å². The van der Waals surface area contributed by atoms with Crippen LogP contribution in [0.1, 0.15) is 18.4 Å². The molecule has 0 bridgehead atoms. The second kappa shape index (κ2) is 3.59. The Morgan fingerprint density at radius 2 is 2.25 bits per heavy atom. The van der Waals surface area contributed by atoms with Gasteiger partial charge in [0.15, 0.2) is 0 Å². The van der Waals surface area contributed by atoms with Gasteiger partial charge in [-0.05, 0) is 12.1 Å². The van der Waals surface area contributed by atoms with E-state index in [2.05, 4.69) is 0 Å². The van der Waals surface area contributed by atoms with Crippen molar-refractivity contribution in [1.29, 1.82) is 0 Å². The molecule has 0 fully saturated rings. The number of benzene rings is 1. The summed E-state index contributed by atoms with van der Waals surface area (Å²) in [6.07, 6.45) is 0.831. The third-order valence-corrected chi connectivity index (χ3v) is 2.08. The largest absolute Gasteiger partial charge is 0.398 e. The van der Waals surface area contributed by atoms with Crippen molar-refractivity contribution in [3.8, 4) is 0 Å². The number of aldehydes is 1. The molecule has 0 radical (unpaired) electrons. The van der Waals surface area contributed by atoms with Gasteiger partial charge >= 0.3 is 0 Å². The van der Waals surface area contributed by atoms with E-state index in [0.29, 0.717) is 16.3 Å². The molecule has 1 unspecified atom stereocenters. The Morgan fingerprint density at radius 1 is 1.58 bits per heavy atom. The number of nitrogen functional groups attached to an aromatic ring is 1. The van der Waals surface area contributed by atoms with Gasteiger partial charge in [0, 0.05) is 22.2 Å². The summed E-state index contributed by atoms with van der Waals surface area (Å²) in [6, 6.07) is 5.23. The molecule has 0 saturated heterocycles. The summed E-state index contributed by atoms with van der Waals surface area (Å²) >= 11 is 5.86. The van der Waals surface area contributed by atoms with E-state index in [4.69, 9.17) is 17.3 Å². The van der Waals surface area contributed by atoms with Crippen molar-refractivity contribution in [1.82, 2.24) is 0 Å². The lowest BCUT2D eigenvalue weighted by Gasteiger charge is -2.09. The molecule has 0 aliphatic heterocycles. The molecule has 0 aliphatic rings. The van der Waals surface area contributed by atoms with E-state index in [1.165, 1.54) is 0 Å². The van der Waals surface area contributed by atoms with Crippen molar-refractivity contribution in [2.24, 2.45) is 0 Å². The standard InChI is InChI=1S/C9H10ClNO/c1-6(5-12)9-7(10)3-2-4-8(9)11/h2-6H,11H2,1H3. The fourth-order valence-electron chi connectivity index (χ4n) is 1.10. The molecule has 0 aliphatic carbocycles. The summed E-state index contributed by atoms with van der Waals surface area (Å²) in [5.41, 5.74) is 6.94. The zero-order chi connectivity index (χ0) is 9.14. The average Bonchev–Trinajstić information content (AvgIpc) is 2.03. The first-order valence-corrected chi connectivity index (χ1v) is 4.03. The lowest BCUT2D eigenvalue weighted by Crippen LogP contribution is -2.00. The number of hydrogen-bond acceptors (Lipinski definition) is 2. The number of hydrogen-bond donors (Lipinski definition) is 1. The summed E-state index contributed by atoms with van der Waals surface area (Å²) < 4.78 is 0. The maximum Gasteiger partial charge on any atom is 0.127 e. The molecule has 1 atom stereocenters. The lowest BCUT2D eigenvalue weighted by molar-refractivity contribution is -0.108. The third kappa shape index (κ3) is 1.59. The van der Waals surface area contributed by atoms with Crippen LogP contribution < -0.4 is 5.73 Å². The minimum Gasteiger partial charge on any atom is -0.398 e. The Hall–Kier alpha value is -1.02. The molecule has 12 heavy (non-hydrogen) atoms. The number of halogens is 1. The zero-order valence-electron chi connectivity index (χ0n) is 6.75. The van der Waals surface area contributed by atoms with Gasteiger partial charge in [0.25, 0.3) is 0 Å². The van der Waals surface area contributed by atoms with Gasteiger partial charge in [0.1, 0.15) is 6.29 Å². The SMILES string of the molecule is CC(C=O)c1c(N)cccc1Cl. The monoisotopic (exact) mass is 183 g/mol. The molecular weight excluding hydrogens is 174 g/mol. The molecular formula is C9H10ClNO. The number of carbonyl (C=O) groups excluding carboxylic acids is 1. The van der Waals surface area contributed by atoms with Gasteiger partial charge < -0.3 is 10.5 Å². The molecule has 0 saturated carbocycles. The van der Waals surface area contributed by atoms with Crippen LogP contribution in [0.4, 0.5) is 5.69 Å². The minimum atomic E-state index is -0.237. The van der Waals surface area contributed by atoms with Crippen molar-refractivity contribution in [3.05, 3.63) is 28.8 Å². The maximum atomic E-state index is 10.5. The van der Waals surface area contributed by atoms with Crippen LogP contribution in [-0.4, -0.2) is 6.29 Å². The molecule has 1 aromatic carbocycles. The molecule has 0 amide bonds. The number of nitrogens with two attached hydrogens (primary N) is 1. The molecule has 2 N–H and O–H groups in total. The zero-order valence-corrected chi connectivity index (χ0v) is 7.51. The summed E-state index contributed by atoms with van der Waals surface area (Å²) in [6.45, 7) is 1.77. The highest BCUT2D eigenvalue weighted by molar-refractivity contribution is 6.32. The van der Waals surface area contributed by atoms with Crippen molar-refractivity contribution in [3.63, 3.8) is 0 Å². The van der Waals surface area contributed by atoms with Gasteiger partial charge in [-0.1, -0.05) is 24.6 Å². The molecule has 64 valence electrons. The van der Waals surface area contributed by atoms with Crippen LogP contribution in [-0.2, 0) is 4.79 Å². The highest BCUT2D eigenvalue weighted by Gasteiger charge is 2.11. The summed E-state index contributed by atoms with van der Waals surface area (Å²) in [4.78, 5) is 10.5. The van der Waals surface area contributed by atoms with E-state index in [9.17, 15) is 4.79 Å². The first-order chi connectivity index (χ1) is 5.66. The van der Waals surface area contributed by atoms with E-state index >= 15 is 0 Å². The maximum absolute atomic E-state index is 10.5. The molecule has 0 aromatic heterocycles. The highest BCUT2D eigenvalue weighted by Crippen LogP contribution is 2.28. The van der Waals surface area contributed by atoms with Crippen molar-refractivity contribution >= 4 is 23.6 Å². The average molecular weight is 184 g/mol. The van der Waals surface area contributed by atoms with Crippen LogP contribution in [0.25, 0.3) is 0 Å². The van der Waals surface area contributed by atoms with Gasteiger partial charge in [-0.2, -0.15) is 0 Å². The number of rotatable bonds is 2. The van der Waals surface area contributed by atoms with Crippen LogP contribution in [0.15, 0.2) is 18.2 Å². The highest BCUT2D eigenvalue weighted by atomic mass is 35.5. The summed E-state index contributed by atoms with van der Waals surface area (Å²) in [5, 5.41) is 0.551. The number of anilines is 1. The fourth-order valence-corrected chi connectivity index (χ4v) is 1.46. The quantitative estimate of drug-likeness (QED) is 0.565. The molecule has 2 nitrogen and oxygen atoms in total. The Balaban J connectivity index is 3.20. The van der Waals surface area contributed by atoms with Crippen molar-refractivity contribution < 1.29 is 4.79 Å². The van der Waals surface area contributed by atoms with Crippen LogP contribution >= 0.6 is 11.6 Å². The molecule has 0 spiro atoms. The van der Waals surface area contributed by atoms with E-state index in [0.717, 1.165) is 6.29 Å². The normalized spacial score (nSPS) is 12.5. The van der Waals surface area contributed by atoms with Gasteiger partial charge in [-0.25, -0.2) is 0 Å². The van der Waals surface area contributed by atoms with Gasteiger partial charge in [-0.3, -0.25) is 0 Å². The van der Waals surface area contributed by atoms with Crippen LogP contribution in [0.5, 0.6) is 0 Å². The van der Waals surface area contributed by atoms with E-state index in [-0.39, 0.29) is 5.92 Å².